The van der Waals surface area contributed by atoms with Crippen molar-refractivity contribution >= 4 is 0 Å². The van der Waals surface area contributed by atoms with Gasteiger partial charge in [-0.2, -0.15) is 0 Å². The largest absolute Gasteiger partial charge is 0.474 e. The van der Waals surface area contributed by atoms with E-state index in [1.165, 1.54) is 0 Å². The van der Waals surface area contributed by atoms with E-state index in [2.05, 4.69) is 9.97 Å². The van der Waals surface area contributed by atoms with E-state index in [1.807, 2.05) is 44.2 Å². The molecule has 0 spiro atoms. The van der Waals surface area contributed by atoms with Gasteiger partial charge in [-0.3, -0.25) is 4.98 Å². The van der Waals surface area contributed by atoms with Crippen molar-refractivity contribution in [3.63, 3.8) is 0 Å². The van der Waals surface area contributed by atoms with Crippen molar-refractivity contribution in [2.75, 3.05) is 0 Å². The molecule has 1 unspecified atom stereocenters. The van der Waals surface area contributed by atoms with Crippen LogP contribution in [0.5, 0.6) is 5.88 Å². The molecule has 1 aromatic heterocycles. The molecule has 0 saturated carbocycles. The third-order valence-corrected chi connectivity index (χ3v) is 2.68. The van der Waals surface area contributed by atoms with E-state index >= 15 is 0 Å². The molecule has 4 nitrogen and oxygen atoms in total. The Labute approximate surface area is 113 Å². The SMILES string of the molecule is CC(C)Oc1cncc(CC(N)c2ccccc2)n1. The van der Waals surface area contributed by atoms with Gasteiger partial charge in [0.2, 0.25) is 5.88 Å². The number of nitrogens with two attached hydrogens (primary N) is 1. The molecule has 0 saturated heterocycles. The molecule has 2 rings (SSSR count). The lowest BCUT2D eigenvalue weighted by Crippen LogP contribution is -2.15. The van der Waals surface area contributed by atoms with Crippen LogP contribution in [-0.4, -0.2) is 16.1 Å². The standard InChI is InChI=1S/C15H19N3O/c1-11(2)19-15-10-17-9-13(18-15)8-14(16)12-6-4-3-5-7-12/h3-7,9-11,14H,8,16H2,1-2H3. The van der Waals surface area contributed by atoms with Gasteiger partial charge in [0.05, 0.1) is 18.0 Å². The van der Waals surface area contributed by atoms with Gasteiger partial charge in [-0.15, -0.1) is 0 Å². The van der Waals surface area contributed by atoms with E-state index in [9.17, 15) is 0 Å². The minimum Gasteiger partial charge on any atom is -0.474 e. The van der Waals surface area contributed by atoms with Gasteiger partial charge in [-0.1, -0.05) is 30.3 Å². The minimum absolute atomic E-state index is 0.0789. The van der Waals surface area contributed by atoms with Crippen molar-refractivity contribution in [1.82, 2.24) is 9.97 Å². The second kappa shape index (κ2) is 6.29. The molecule has 0 fully saturated rings. The predicted molar refractivity (Wildman–Crippen MR) is 74.9 cm³/mol. The maximum Gasteiger partial charge on any atom is 0.232 e. The summed E-state index contributed by atoms with van der Waals surface area (Å²) in [4.78, 5) is 8.56. The van der Waals surface area contributed by atoms with Crippen LogP contribution in [0.3, 0.4) is 0 Å². The Kier molecular flexibility index (Phi) is 4.47. The van der Waals surface area contributed by atoms with Crippen LogP contribution in [0.2, 0.25) is 0 Å². The maximum atomic E-state index is 6.17. The van der Waals surface area contributed by atoms with E-state index in [0.29, 0.717) is 12.3 Å². The first-order valence-corrected chi connectivity index (χ1v) is 6.43. The summed E-state index contributed by atoms with van der Waals surface area (Å²) in [7, 11) is 0. The molecule has 19 heavy (non-hydrogen) atoms. The zero-order valence-corrected chi connectivity index (χ0v) is 11.3. The van der Waals surface area contributed by atoms with Gasteiger partial charge in [0.15, 0.2) is 0 Å². The van der Waals surface area contributed by atoms with Crippen molar-refractivity contribution in [2.45, 2.75) is 32.4 Å². The molecular formula is C15H19N3O. The second-order valence-corrected chi connectivity index (χ2v) is 4.74. The lowest BCUT2D eigenvalue weighted by molar-refractivity contribution is 0.231. The van der Waals surface area contributed by atoms with Crippen LogP contribution < -0.4 is 10.5 Å². The number of aromatic nitrogens is 2. The highest BCUT2D eigenvalue weighted by Crippen LogP contribution is 2.16. The van der Waals surface area contributed by atoms with Crippen molar-refractivity contribution in [3.05, 3.63) is 54.0 Å². The first kappa shape index (κ1) is 13.5. The number of nitrogens with zero attached hydrogens (tertiary/aromatic N) is 2. The van der Waals surface area contributed by atoms with E-state index < -0.39 is 0 Å². The number of hydrogen-bond acceptors (Lipinski definition) is 4. The molecule has 4 heteroatoms. The van der Waals surface area contributed by atoms with Gasteiger partial charge in [0.1, 0.15) is 0 Å². The molecule has 100 valence electrons. The molecule has 1 aromatic carbocycles. The Morgan fingerprint density at radius 1 is 1.16 bits per heavy atom. The summed E-state index contributed by atoms with van der Waals surface area (Å²) in [5.74, 6) is 0.549. The number of hydrogen-bond donors (Lipinski definition) is 1. The molecule has 1 heterocycles. The highest BCUT2D eigenvalue weighted by Gasteiger charge is 2.09. The molecule has 0 amide bonds. The number of ether oxygens (including phenoxy) is 1. The Morgan fingerprint density at radius 3 is 2.58 bits per heavy atom. The van der Waals surface area contributed by atoms with Gasteiger partial charge in [-0.05, 0) is 19.4 Å². The molecule has 0 bridgehead atoms. The van der Waals surface area contributed by atoms with Crippen molar-refractivity contribution < 1.29 is 4.74 Å². The quantitative estimate of drug-likeness (QED) is 0.894. The topological polar surface area (TPSA) is 61.0 Å². The van der Waals surface area contributed by atoms with Gasteiger partial charge in [0, 0.05) is 18.7 Å². The van der Waals surface area contributed by atoms with Crippen LogP contribution in [-0.2, 0) is 6.42 Å². The molecule has 2 aromatic rings. The first-order chi connectivity index (χ1) is 9.15. The average molecular weight is 257 g/mol. The van der Waals surface area contributed by atoms with Crippen LogP contribution in [0.15, 0.2) is 42.7 Å². The zero-order valence-electron chi connectivity index (χ0n) is 11.3. The summed E-state index contributed by atoms with van der Waals surface area (Å²) in [5.41, 5.74) is 8.11. The highest BCUT2D eigenvalue weighted by atomic mass is 16.5. The van der Waals surface area contributed by atoms with Crippen LogP contribution in [0.1, 0.15) is 31.1 Å². The van der Waals surface area contributed by atoms with Gasteiger partial charge >= 0.3 is 0 Å². The van der Waals surface area contributed by atoms with Crippen LogP contribution >= 0.6 is 0 Å². The molecule has 0 aliphatic heterocycles. The van der Waals surface area contributed by atoms with Crippen molar-refractivity contribution in [1.29, 1.82) is 0 Å². The maximum absolute atomic E-state index is 6.17. The zero-order chi connectivity index (χ0) is 13.7. The normalized spacial score (nSPS) is 12.4. The predicted octanol–water partition coefficient (Wildman–Crippen LogP) is 2.51. The summed E-state index contributed by atoms with van der Waals surface area (Å²) < 4.78 is 5.53. The first-order valence-electron chi connectivity index (χ1n) is 6.43. The summed E-state index contributed by atoms with van der Waals surface area (Å²) >= 11 is 0. The van der Waals surface area contributed by atoms with Gasteiger partial charge in [-0.25, -0.2) is 4.98 Å². The Hall–Kier alpha value is -1.94. The Morgan fingerprint density at radius 2 is 1.89 bits per heavy atom. The molecule has 0 aliphatic rings. The molecule has 2 N–H and O–H groups in total. The van der Waals surface area contributed by atoms with E-state index in [-0.39, 0.29) is 12.1 Å². The van der Waals surface area contributed by atoms with E-state index in [0.717, 1.165) is 11.3 Å². The fourth-order valence-corrected chi connectivity index (χ4v) is 1.83. The fraction of sp³-hybridized carbons (Fsp3) is 0.333. The number of rotatable bonds is 5. The highest BCUT2D eigenvalue weighted by molar-refractivity contribution is 5.20. The number of benzene rings is 1. The second-order valence-electron chi connectivity index (χ2n) is 4.74. The third-order valence-electron chi connectivity index (χ3n) is 2.68. The van der Waals surface area contributed by atoms with E-state index in [4.69, 9.17) is 10.5 Å². The molecular weight excluding hydrogens is 238 g/mol. The fourth-order valence-electron chi connectivity index (χ4n) is 1.83. The summed E-state index contributed by atoms with van der Waals surface area (Å²) in [5, 5.41) is 0. The average Bonchev–Trinajstić information content (AvgIpc) is 2.39. The minimum atomic E-state index is -0.0789. The lowest BCUT2D eigenvalue weighted by Gasteiger charge is -2.13. The summed E-state index contributed by atoms with van der Waals surface area (Å²) in [6.07, 6.45) is 4.09. The van der Waals surface area contributed by atoms with Gasteiger partial charge in [0.25, 0.3) is 0 Å². The monoisotopic (exact) mass is 257 g/mol. The summed E-state index contributed by atoms with van der Waals surface area (Å²) in [6, 6.07) is 9.91. The summed E-state index contributed by atoms with van der Waals surface area (Å²) in [6.45, 7) is 3.92. The van der Waals surface area contributed by atoms with Crippen molar-refractivity contribution in [3.8, 4) is 5.88 Å². The third kappa shape index (κ3) is 4.03. The lowest BCUT2D eigenvalue weighted by atomic mass is 10.0. The molecule has 0 radical (unpaired) electrons. The van der Waals surface area contributed by atoms with Crippen LogP contribution in [0.25, 0.3) is 0 Å². The van der Waals surface area contributed by atoms with E-state index in [1.54, 1.807) is 12.4 Å². The smallest absolute Gasteiger partial charge is 0.232 e. The Bertz CT molecular complexity index is 514. The molecule has 1 atom stereocenters. The molecule has 0 aliphatic carbocycles. The van der Waals surface area contributed by atoms with Crippen LogP contribution in [0.4, 0.5) is 0 Å². The van der Waals surface area contributed by atoms with Crippen molar-refractivity contribution in [2.24, 2.45) is 5.73 Å². The Balaban J connectivity index is 2.06. The van der Waals surface area contributed by atoms with Gasteiger partial charge < -0.3 is 10.5 Å². The van der Waals surface area contributed by atoms with Crippen LogP contribution in [0, 0.1) is 0 Å².